The maximum atomic E-state index is 11.9. The van der Waals surface area contributed by atoms with Gasteiger partial charge in [-0.1, -0.05) is 26.0 Å². The van der Waals surface area contributed by atoms with Crippen LogP contribution in [0.3, 0.4) is 0 Å². The average Bonchev–Trinajstić information content (AvgIpc) is 2.46. The number of nitro groups is 1. The third-order valence-electron chi connectivity index (χ3n) is 3.17. The van der Waals surface area contributed by atoms with Gasteiger partial charge in [0.1, 0.15) is 5.69 Å². The number of nitrogens with zero attached hydrogens (tertiary/aromatic N) is 1. The van der Waals surface area contributed by atoms with Crippen LogP contribution in [-0.4, -0.2) is 30.0 Å². The smallest absolute Gasteiger partial charge is 0.292 e. The first-order valence-corrected chi connectivity index (χ1v) is 7.40. The van der Waals surface area contributed by atoms with Gasteiger partial charge in [0.25, 0.3) is 5.69 Å². The Labute approximate surface area is 130 Å². The van der Waals surface area contributed by atoms with Gasteiger partial charge in [0.15, 0.2) is 0 Å². The summed E-state index contributed by atoms with van der Waals surface area (Å²) in [5, 5.41) is 16.7. The average molecular weight is 308 g/mol. The van der Waals surface area contributed by atoms with E-state index in [-0.39, 0.29) is 24.1 Å². The van der Waals surface area contributed by atoms with Crippen molar-refractivity contribution >= 4 is 17.3 Å². The molecule has 0 fully saturated rings. The number of carbonyl (C=O) groups excluding carboxylic acids is 1. The van der Waals surface area contributed by atoms with Crippen LogP contribution in [0.5, 0.6) is 0 Å². The lowest BCUT2D eigenvalue weighted by molar-refractivity contribution is -0.384. The van der Waals surface area contributed by atoms with E-state index in [2.05, 4.69) is 24.5 Å². The van der Waals surface area contributed by atoms with E-state index in [1.54, 1.807) is 18.2 Å². The number of rotatable bonds is 9. The van der Waals surface area contributed by atoms with Crippen molar-refractivity contribution in [3.05, 3.63) is 34.4 Å². The van der Waals surface area contributed by atoms with Crippen molar-refractivity contribution < 1.29 is 9.72 Å². The van der Waals surface area contributed by atoms with Gasteiger partial charge in [0.2, 0.25) is 5.91 Å². The molecule has 0 saturated carbocycles. The van der Waals surface area contributed by atoms with Gasteiger partial charge in [0, 0.05) is 31.6 Å². The monoisotopic (exact) mass is 308 g/mol. The summed E-state index contributed by atoms with van der Waals surface area (Å²) in [6, 6.07) is 6.34. The Bertz CT molecular complexity index is 505. The standard InChI is InChI=1S/C15H24N4O3/c1-11(2)9-12(10-16)18-15(20)7-8-17-13-5-3-4-6-14(13)19(21)22/h3-6,11-12,17H,7-10,16H2,1-2H3,(H,18,20). The molecule has 1 atom stereocenters. The summed E-state index contributed by atoms with van der Waals surface area (Å²) in [5.41, 5.74) is 6.05. The Morgan fingerprint density at radius 2 is 2.05 bits per heavy atom. The molecule has 4 N–H and O–H groups in total. The lowest BCUT2D eigenvalue weighted by Crippen LogP contribution is -2.41. The van der Waals surface area contributed by atoms with Gasteiger partial charge in [-0.05, 0) is 18.4 Å². The molecule has 1 rings (SSSR count). The van der Waals surface area contributed by atoms with E-state index in [1.165, 1.54) is 6.07 Å². The number of nitro benzene ring substituents is 1. The highest BCUT2D eigenvalue weighted by molar-refractivity contribution is 5.77. The van der Waals surface area contributed by atoms with Gasteiger partial charge in [-0.15, -0.1) is 0 Å². The molecule has 0 aliphatic heterocycles. The third-order valence-corrected chi connectivity index (χ3v) is 3.17. The fourth-order valence-electron chi connectivity index (χ4n) is 2.18. The van der Waals surface area contributed by atoms with Crippen molar-refractivity contribution in [3.63, 3.8) is 0 Å². The second-order valence-electron chi connectivity index (χ2n) is 5.58. The Morgan fingerprint density at radius 3 is 2.64 bits per heavy atom. The number of hydrogen-bond acceptors (Lipinski definition) is 5. The number of anilines is 1. The highest BCUT2D eigenvalue weighted by atomic mass is 16.6. The zero-order valence-corrected chi connectivity index (χ0v) is 13.0. The molecule has 0 aromatic heterocycles. The van der Waals surface area contributed by atoms with E-state index in [0.29, 0.717) is 24.7 Å². The van der Waals surface area contributed by atoms with E-state index in [9.17, 15) is 14.9 Å². The van der Waals surface area contributed by atoms with E-state index in [0.717, 1.165) is 6.42 Å². The van der Waals surface area contributed by atoms with Gasteiger partial charge >= 0.3 is 0 Å². The van der Waals surface area contributed by atoms with Crippen LogP contribution in [0.2, 0.25) is 0 Å². The van der Waals surface area contributed by atoms with E-state index in [4.69, 9.17) is 5.73 Å². The topological polar surface area (TPSA) is 110 Å². The van der Waals surface area contributed by atoms with Crippen LogP contribution in [0, 0.1) is 16.0 Å². The van der Waals surface area contributed by atoms with E-state index in [1.807, 2.05) is 0 Å². The van der Waals surface area contributed by atoms with Crippen molar-refractivity contribution in [1.82, 2.24) is 5.32 Å². The van der Waals surface area contributed by atoms with E-state index < -0.39 is 4.92 Å². The minimum Gasteiger partial charge on any atom is -0.379 e. The summed E-state index contributed by atoms with van der Waals surface area (Å²) in [5.74, 6) is 0.348. The van der Waals surface area contributed by atoms with Crippen LogP contribution in [0.4, 0.5) is 11.4 Å². The molecular formula is C15H24N4O3. The van der Waals surface area contributed by atoms with Gasteiger partial charge in [-0.25, -0.2) is 0 Å². The van der Waals surface area contributed by atoms with Crippen LogP contribution in [0.25, 0.3) is 0 Å². The Balaban J connectivity index is 2.44. The predicted molar refractivity (Wildman–Crippen MR) is 86.6 cm³/mol. The van der Waals surface area contributed by atoms with Gasteiger partial charge < -0.3 is 16.4 Å². The zero-order chi connectivity index (χ0) is 16.5. The number of hydrogen-bond donors (Lipinski definition) is 3. The Hall–Kier alpha value is -2.15. The third kappa shape index (κ3) is 6.09. The van der Waals surface area contributed by atoms with Crippen molar-refractivity contribution in [2.24, 2.45) is 11.7 Å². The molecule has 0 radical (unpaired) electrons. The van der Waals surface area contributed by atoms with Gasteiger partial charge in [-0.3, -0.25) is 14.9 Å². The Kier molecular flexibility index (Phi) is 7.31. The van der Waals surface area contributed by atoms with Gasteiger partial charge in [-0.2, -0.15) is 0 Å². The summed E-state index contributed by atoms with van der Waals surface area (Å²) < 4.78 is 0. The molecule has 22 heavy (non-hydrogen) atoms. The highest BCUT2D eigenvalue weighted by Gasteiger charge is 2.14. The van der Waals surface area contributed by atoms with Crippen LogP contribution in [0.15, 0.2) is 24.3 Å². The lowest BCUT2D eigenvalue weighted by atomic mass is 10.0. The first-order chi connectivity index (χ1) is 10.4. The number of para-hydroxylation sites is 2. The first kappa shape index (κ1) is 17.9. The Morgan fingerprint density at radius 1 is 1.36 bits per heavy atom. The van der Waals surface area contributed by atoms with Crippen molar-refractivity contribution in [2.75, 3.05) is 18.4 Å². The highest BCUT2D eigenvalue weighted by Crippen LogP contribution is 2.22. The van der Waals surface area contributed by atoms with Crippen LogP contribution >= 0.6 is 0 Å². The van der Waals surface area contributed by atoms with E-state index >= 15 is 0 Å². The van der Waals surface area contributed by atoms with Crippen molar-refractivity contribution in [1.29, 1.82) is 0 Å². The maximum Gasteiger partial charge on any atom is 0.292 e. The fraction of sp³-hybridized carbons (Fsp3) is 0.533. The quantitative estimate of drug-likeness (QED) is 0.476. The molecule has 0 spiro atoms. The largest absolute Gasteiger partial charge is 0.379 e. The lowest BCUT2D eigenvalue weighted by Gasteiger charge is -2.18. The van der Waals surface area contributed by atoms with Crippen molar-refractivity contribution in [2.45, 2.75) is 32.7 Å². The molecular weight excluding hydrogens is 284 g/mol. The first-order valence-electron chi connectivity index (χ1n) is 7.40. The molecule has 1 aromatic rings. The molecule has 1 unspecified atom stereocenters. The molecule has 0 saturated heterocycles. The molecule has 1 amide bonds. The molecule has 0 aliphatic carbocycles. The number of nitrogens with two attached hydrogens (primary N) is 1. The second kappa shape index (κ2) is 8.99. The molecule has 1 aromatic carbocycles. The maximum absolute atomic E-state index is 11.9. The number of nitrogens with one attached hydrogen (secondary N) is 2. The molecule has 0 heterocycles. The molecule has 122 valence electrons. The predicted octanol–water partition coefficient (Wildman–Crippen LogP) is 1.89. The molecule has 7 nitrogen and oxygen atoms in total. The summed E-state index contributed by atoms with van der Waals surface area (Å²) in [6.07, 6.45) is 1.07. The number of carbonyl (C=O) groups is 1. The van der Waals surface area contributed by atoms with Crippen molar-refractivity contribution in [3.8, 4) is 0 Å². The minimum atomic E-state index is -0.449. The zero-order valence-electron chi connectivity index (χ0n) is 13.0. The number of benzene rings is 1. The molecule has 0 bridgehead atoms. The normalized spacial score (nSPS) is 12.0. The summed E-state index contributed by atoms with van der Waals surface area (Å²) in [7, 11) is 0. The fourth-order valence-corrected chi connectivity index (χ4v) is 2.18. The molecule has 7 heteroatoms. The summed E-state index contributed by atoms with van der Waals surface area (Å²) in [6.45, 7) is 4.88. The van der Waals surface area contributed by atoms with Crippen LogP contribution in [-0.2, 0) is 4.79 Å². The second-order valence-corrected chi connectivity index (χ2v) is 5.58. The summed E-state index contributed by atoms with van der Waals surface area (Å²) >= 11 is 0. The summed E-state index contributed by atoms with van der Waals surface area (Å²) in [4.78, 5) is 22.3. The SMILES string of the molecule is CC(C)CC(CN)NC(=O)CCNc1ccccc1[N+](=O)[O-]. The van der Waals surface area contributed by atoms with Crippen LogP contribution in [0.1, 0.15) is 26.7 Å². The number of amides is 1. The molecule has 0 aliphatic rings. The minimum absolute atomic E-state index is 0.00236. The van der Waals surface area contributed by atoms with Crippen LogP contribution < -0.4 is 16.4 Å². The van der Waals surface area contributed by atoms with Gasteiger partial charge in [0.05, 0.1) is 4.92 Å².